The molecule has 60 heavy (non-hydrogen) atoms. The number of hydrogen-bond donors (Lipinski definition) is 6. The van der Waals surface area contributed by atoms with Crippen LogP contribution >= 0.6 is 0 Å². The van der Waals surface area contributed by atoms with E-state index in [1.54, 1.807) is 0 Å². The summed E-state index contributed by atoms with van der Waals surface area (Å²) in [6.07, 6.45) is 8.25. The van der Waals surface area contributed by atoms with Crippen LogP contribution < -0.4 is 21.3 Å². The lowest BCUT2D eigenvalue weighted by Gasteiger charge is -2.03. The molecular formula is C42H42F2N12O4. The highest BCUT2D eigenvalue weighted by Crippen LogP contribution is 2.12. The molecule has 16 nitrogen and oxygen atoms in total. The number of oxazole rings is 2. The largest absolute Gasteiger partial charge is 0.448 e. The lowest BCUT2D eigenvalue weighted by molar-refractivity contribution is 0.0918. The number of para-hydroxylation sites is 4. The van der Waals surface area contributed by atoms with Crippen molar-refractivity contribution in [2.45, 2.75) is 38.8 Å². The van der Waals surface area contributed by atoms with Crippen molar-refractivity contribution in [3.05, 3.63) is 156 Å². The second-order valence-electron chi connectivity index (χ2n) is 13.4. The Labute approximate surface area is 342 Å². The van der Waals surface area contributed by atoms with E-state index in [2.05, 4.69) is 61.1 Å². The van der Waals surface area contributed by atoms with E-state index < -0.39 is 23.4 Å². The van der Waals surface area contributed by atoms with Crippen LogP contribution in [0.25, 0.3) is 22.1 Å². The molecule has 0 atom stereocenters. The van der Waals surface area contributed by atoms with Crippen molar-refractivity contribution in [3.63, 3.8) is 0 Å². The quantitative estimate of drug-likeness (QED) is 0.0646. The molecule has 0 bridgehead atoms. The normalized spacial score (nSPS) is 11.1. The first-order valence-corrected chi connectivity index (χ1v) is 19.3. The van der Waals surface area contributed by atoms with Gasteiger partial charge in [0.25, 0.3) is 11.8 Å². The zero-order chi connectivity index (χ0) is 41.5. The topological polar surface area (TPSA) is 217 Å². The summed E-state index contributed by atoms with van der Waals surface area (Å²) in [6, 6.07) is 21.4. The fourth-order valence-electron chi connectivity index (χ4n) is 5.97. The Bertz CT molecular complexity index is 2390. The number of carbonyl (C=O) groups excluding carboxylic acids is 2. The van der Waals surface area contributed by atoms with E-state index in [9.17, 15) is 18.4 Å². The van der Waals surface area contributed by atoms with Gasteiger partial charge in [0.2, 0.25) is 5.76 Å². The van der Waals surface area contributed by atoms with Crippen LogP contribution in [0.1, 0.15) is 55.9 Å². The number of rotatable bonds is 18. The number of pyridine rings is 2. The van der Waals surface area contributed by atoms with Crippen molar-refractivity contribution in [1.82, 2.24) is 61.1 Å². The van der Waals surface area contributed by atoms with E-state index in [4.69, 9.17) is 8.83 Å². The summed E-state index contributed by atoms with van der Waals surface area (Å²) in [5.74, 6) is 1.04. The molecule has 0 unspecified atom stereocenters. The van der Waals surface area contributed by atoms with Gasteiger partial charge in [0.05, 0.1) is 52.7 Å². The van der Waals surface area contributed by atoms with Crippen molar-refractivity contribution in [3.8, 4) is 0 Å². The van der Waals surface area contributed by atoms with Crippen LogP contribution in [0.15, 0.2) is 106 Å². The van der Waals surface area contributed by atoms with E-state index >= 15 is 0 Å². The monoisotopic (exact) mass is 816 g/mol. The Kier molecular flexibility index (Phi) is 14.0. The Morgan fingerprint density at radius 2 is 1.13 bits per heavy atom. The predicted molar refractivity (Wildman–Crippen MR) is 216 cm³/mol. The summed E-state index contributed by atoms with van der Waals surface area (Å²) in [5, 5.41) is 11.8. The number of H-pyrrole nitrogens is 2. The maximum atomic E-state index is 13.6. The van der Waals surface area contributed by atoms with E-state index in [-0.39, 0.29) is 35.9 Å². The SMILES string of the molecule is O=C(NCc1ncccc1F)c1cnc(CCNCCc2nc3ccccc3[nH]2)o1.O=C(NCc1ncccc1F)c1coc(CCNCCc2nc3ccccc3[nH]2)n1. The third-order valence-electron chi connectivity index (χ3n) is 9.05. The summed E-state index contributed by atoms with van der Waals surface area (Å²) in [7, 11) is 0. The average Bonchev–Trinajstić information content (AvgIpc) is 4.09. The number of nitrogens with zero attached hydrogens (tertiary/aromatic N) is 6. The summed E-state index contributed by atoms with van der Waals surface area (Å²) in [6.45, 7) is 2.77. The maximum Gasteiger partial charge on any atom is 0.289 e. The number of halogens is 2. The highest BCUT2D eigenvalue weighted by Gasteiger charge is 2.15. The van der Waals surface area contributed by atoms with E-state index in [1.165, 1.54) is 49.1 Å². The van der Waals surface area contributed by atoms with Gasteiger partial charge in [0.1, 0.15) is 29.5 Å². The third-order valence-corrected chi connectivity index (χ3v) is 9.05. The number of carbonyl (C=O) groups is 2. The molecule has 0 fully saturated rings. The average molecular weight is 817 g/mol. The van der Waals surface area contributed by atoms with Gasteiger partial charge in [0, 0.05) is 64.3 Å². The van der Waals surface area contributed by atoms with Crippen molar-refractivity contribution in [2.75, 3.05) is 26.2 Å². The fraction of sp³-hybridized carbons (Fsp3) is 0.238. The lowest BCUT2D eigenvalue weighted by atomic mass is 10.3. The highest BCUT2D eigenvalue weighted by atomic mass is 19.1. The minimum absolute atomic E-state index is 0.0168. The Balaban J connectivity index is 0.000000181. The molecule has 2 amide bonds. The first-order valence-electron chi connectivity index (χ1n) is 19.3. The highest BCUT2D eigenvalue weighted by molar-refractivity contribution is 5.92. The predicted octanol–water partition coefficient (Wildman–Crippen LogP) is 4.78. The molecule has 6 N–H and O–H groups in total. The maximum absolute atomic E-state index is 13.6. The number of fused-ring (bicyclic) bond motifs is 2. The van der Waals surface area contributed by atoms with E-state index in [0.717, 1.165) is 59.6 Å². The summed E-state index contributed by atoms with van der Waals surface area (Å²) in [4.78, 5) is 56.0. The summed E-state index contributed by atoms with van der Waals surface area (Å²) < 4.78 is 37.9. The molecule has 308 valence electrons. The molecule has 0 radical (unpaired) electrons. The number of imidazole rings is 2. The van der Waals surface area contributed by atoms with Crippen molar-refractivity contribution >= 4 is 33.9 Å². The van der Waals surface area contributed by atoms with E-state index in [0.29, 0.717) is 37.7 Å². The van der Waals surface area contributed by atoms with Gasteiger partial charge < -0.3 is 40.1 Å². The number of aromatic nitrogens is 8. The number of benzene rings is 2. The van der Waals surface area contributed by atoms with Crippen LogP contribution in [0.2, 0.25) is 0 Å². The minimum atomic E-state index is -0.468. The Morgan fingerprint density at radius 3 is 1.70 bits per heavy atom. The van der Waals surface area contributed by atoms with Gasteiger partial charge in [-0.3, -0.25) is 19.6 Å². The molecule has 2 aromatic carbocycles. The molecular weight excluding hydrogens is 775 g/mol. The van der Waals surface area contributed by atoms with Gasteiger partial charge in [-0.15, -0.1) is 0 Å². The molecule has 0 saturated carbocycles. The smallest absolute Gasteiger partial charge is 0.289 e. The molecule has 0 aliphatic heterocycles. The molecule has 8 rings (SSSR count). The third kappa shape index (κ3) is 11.5. The minimum Gasteiger partial charge on any atom is -0.448 e. The summed E-state index contributed by atoms with van der Waals surface area (Å²) in [5.41, 5.74) is 4.48. The number of nitrogens with one attached hydrogen (secondary N) is 6. The van der Waals surface area contributed by atoms with Crippen LogP contribution in [0.4, 0.5) is 8.78 Å². The van der Waals surface area contributed by atoms with Crippen LogP contribution in [0.3, 0.4) is 0 Å². The van der Waals surface area contributed by atoms with Crippen LogP contribution in [0, 0.1) is 11.6 Å². The lowest BCUT2D eigenvalue weighted by Crippen LogP contribution is -2.24. The molecule has 6 aromatic heterocycles. The summed E-state index contributed by atoms with van der Waals surface area (Å²) >= 11 is 0. The first kappa shape index (κ1) is 41.0. The van der Waals surface area contributed by atoms with Gasteiger partial charge in [-0.25, -0.2) is 28.7 Å². The molecule has 0 aliphatic carbocycles. The van der Waals surface area contributed by atoms with Crippen LogP contribution in [0.5, 0.6) is 0 Å². The van der Waals surface area contributed by atoms with Crippen molar-refractivity contribution < 1.29 is 27.2 Å². The number of hydrogen-bond acceptors (Lipinski definition) is 12. The molecule has 6 heterocycles. The van der Waals surface area contributed by atoms with Gasteiger partial charge in [-0.1, -0.05) is 24.3 Å². The fourth-order valence-corrected chi connectivity index (χ4v) is 5.97. The molecule has 0 aliphatic rings. The van der Waals surface area contributed by atoms with Crippen molar-refractivity contribution in [2.24, 2.45) is 0 Å². The second kappa shape index (κ2) is 20.5. The molecule has 8 aromatic rings. The van der Waals surface area contributed by atoms with Crippen LogP contribution in [-0.2, 0) is 38.8 Å². The zero-order valence-electron chi connectivity index (χ0n) is 32.4. The van der Waals surface area contributed by atoms with E-state index in [1.807, 2.05) is 48.5 Å². The number of aromatic amines is 2. The zero-order valence-corrected chi connectivity index (χ0v) is 32.4. The first-order chi connectivity index (χ1) is 29.4. The Morgan fingerprint density at radius 1 is 0.600 bits per heavy atom. The molecule has 0 spiro atoms. The van der Waals surface area contributed by atoms with Crippen molar-refractivity contribution in [1.29, 1.82) is 0 Å². The molecule has 18 heteroatoms. The second-order valence-corrected chi connectivity index (χ2v) is 13.4. The molecule has 0 saturated heterocycles. The number of amides is 2. The standard InChI is InChI=1S/2C21H21FN6O2/c22-14-4-3-9-24-17(14)12-26-21(29)18-13-25-20(30-18)8-11-23-10-7-19-27-15-5-1-2-6-16(15)28-19;22-14-4-3-9-24-17(14)12-25-21(29)18-13-30-20(28-18)8-11-23-10-7-19-26-15-5-1-2-6-16(15)27-19/h1-6,9,13,23H,7-8,10-12H2,(H,26,29)(H,27,28);1-6,9,13,23H,7-8,10-12H2,(H,25,29)(H,26,27). The van der Waals surface area contributed by atoms with Gasteiger partial charge in [-0.2, -0.15) is 0 Å². The Hall–Kier alpha value is -7.18. The van der Waals surface area contributed by atoms with Crippen LogP contribution in [-0.4, -0.2) is 77.9 Å². The van der Waals surface area contributed by atoms with Gasteiger partial charge in [0.15, 0.2) is 17.5 Å². The van der Waals surface area contributed by atoms with Gasteiger partial charge >= 0.3 is 0 Å². The van der Waals surface area contributed by atoms with Gasteiger partial charge in [-0.05, 0) is 48.5 Å².